The van der Waals surface area contributed by atoms with Crippen molar-refractivity contribution in [2.45, 2.75) is 45.1 Å². The van der Waals surface area contributed by atoms with Crippen LogP contribution in [0.25, 0.3) is 0 Å². The zero-order chi connectivity index (χ0) is 20.6. The van der Waals surface area contributed by atoms with Gasteiger partial charge in [0.2, 0.25) is 0 Å². The molecule has 1 aliphatic rings. The number of halogens is 1. The number of amides is 1. The van der Waals surface area contributed by atoms with Crippen molar-refractivity contribution in [1.29, 1.82) is 5.26 Å². The van der Waals surface area contributed by atoms with E-state index in [0.717, 1.165) is 29.0 Å². The van der Waals surface area contributed by atoms with Gasteiger partial charge in [-0.3, -0.25) is 4.79 Å². The van der Waals surface area contributed by atoms with Gasteiger partial charge in [-0.05, 0) is 67.3 Å². The van der Waals surface area contributed by atoms with E-state index < -0.39 is 0 Å². The topological polar surface area (TPSA) is 64.9 Å². The van der Waals surface area contributed by atoms with Crippen LogP contribution in [0.3, 0.4) is 0 Å². The third kappa shape index (κ3) is 5.62. The zero-order valence-corrected chi connectivity index (χ0v) is 17.4. The number of hydrogen-bond acceptors (Lipinski definition) is 3. The van der Waals surface area contributed by atoms with Crippen molar-refractivity contribution in [2.75, 3.05) is 6.54 Å². The lowest BCUT2D eigenvalue weighted by Gasteiger charge is -2.20. The van der Waals surface area contributed by atoms with Crippen LogP contribution in [-0.4, -0.2) is 12.5 Å². The molecule has 4 nitrogen and oxygen atoms in total. The summed E-state index contributed by atoms with van der Waals surface area (Å²) in [7, 11) is 0. The summed E-state index contributed by atoms with van der Waals surface area (Å²) in [5.41, 5.74) is 4.96. The average molecular weight is 408 g/mol. The molecule has 1 unspecified atom stereocenters. The van der Waals surface area contributed by atoms with Crippen molar-refractivity contribution in [3.05, 3.63) is 81.5 Å². The minimum Gasteiger partial charge on any atom is -0.389 e. The number of carbonyl (C=O) groups excluding carboxylic acids is 1. The Kier molecular flexibility index (Phi) is 7.32. The Labute approximate surface area is 177 Å². The van der Waals surface area contributed by atoms with Gasteiger partial charge in [0.05, 0.1) is 6.04 Å². The zero-order valence-electron chi connectivity index (χ0n) is 16.7. The first kappa shape index (κ1) is 21.0. The van der Waals surface area contributed by atoms with E-state index in [1.54, 1.807) is 0 Å². The predicted octanol–water partition coefficient (Wildman–Crippen LogP) is 4.64. The Morgan fingerprint density at radius 3 is 2.72 bits per heavy atom. The second-order valence-corrected chi connectivity index (χ2v) is 7.80. The molecule has 0 bridgehead atoms. The van der Waals surface area contributed by atoms with Crippen molar-refractivity contribution in [2.24, 2.45) is 0 Å². The van der Waals surface area contributed by atoms with Crippen LogP contribution < -0.4 is 10.6 Å². The lowest BCUT2D eigenvalue weighted by molar-refractivity contribution is -0.117. The van der Waals surface area contributed by atoms with Crippen LogP contribution in [0.2, 0.25) is 5.02 Å². The lowest BCUT2D eigenvalue weighted by Crippen LogP contribution is -2.29. The third-order valence-corrected chi connectivity index (χ3v) is 5.70. The molecule has 0 heterocycles. The predicted molar refractivity (Wildman–Crippen MR) is 116 cm³/mol. The van der Waals surface area contributed by atoms with Crippen LogP contribution in [0.4, 0.5) is 0 Å². The maximum atomic E-state index is 12.5. The normalized spacial score (nSPS) is 14.4. The largest absolute Gasteiger partial charge is 0.389 e. The number of carbonyl (C=O) groups is 1. The van der Waals surface area contributed by atoms with Gasteiger partial charge < -0.3 is 10.6 Å². The quantitative estimate of drug-likeness (QED) is 0.399. The molecule has 0 saturated carbocycles. The molecule has 0 spiro atoms. The first-order valence-corrected chi connectivity index (χ1v) is 10.5. The van der Waals surface area contributed by atoms with E-state index >= 15 is 0 Å². The maximum Gasteiger partial charge on any atom is 0.263 e. The molecular weight excluding hydrogens is 382 g/mol. The van der Waals surface area contributed by atoms with E-state index in [9.17, 15) is 10.1 Å². The minimum atomic E-state index is -0.372. The Morgan fingerprint density at radius 1 is 1.21 bits per heavy atom. The molecule has 150 valence electrons. The van der Waals surface area contributed by atoms with Crippen LogP contribution in [0, 0.1) is 11.3 Å². The number of fused-ring (bicyclic) bond motifs is 1. The van der Waals surface area contributed by atoms with Gasteiger partial charge in [-0.1, -0.05) is 48.0 Å². The van der Waals surface area contributed by atoms with Crippen molar-refractivity contribution in [1.82, 2.24) is 10.6 Å². The van der Waals surface area contributed by atoms with Crippen LogP contribution in [0.5, 0.6) is 0 Å². The van der Waals surface area contributed by atoms with E-state index in [1.165, 1.54) is 30.2 Å². The summed E-state index contributed by atoms with van der Waals surface area (Å²) in [4.78, 5) is 12.5. The van der Waals surface area contributed by atoms with Crippen LogP contribution in [-0.2, 0) is 24.1 Å². The Hall–Kier alpha value is -2.77. The summed E-state index contributed by atoms with van der Waals surface area (Å²) in [6, 6.07) is 15.9. The molecule has 0 fully saturated rings. The van der Waals surface area contributed by atoms with Crippen LogP contribution in [0.15, 0.2) is 54.2 Å². The highest BCUT2D eigenvalue weighted by Crippen LogP contribution is 2.25. The van der Waals surface area contributed by atoms with Gasteiger partial charge in [0.15, 0.2) is 0 Å². The molecule has 2 N–H and O–H groups in total. The fourth-order valence-corrected chi connectivity index (χ4v) is 3.84. The molecule has 0 saturated heterocycles. The molecule has 0 aliphatic heterocycles. The molecule has 2 aromatic carbocycles. The highest BCUT2D eigenvalue weighted by molar-refractivity contribution is 6.31. The van der Waals surface area contributed by atoms with Crippen molar-refractivity contribution in [3.63, 3.8) is 0 Å². The lowest BCUT2D eigenvalue weighted by atomic mass is 9.89. The number of nitrogens with zero attached hydrogens (tertiary/aromatic N) is 1. The van der Waals surface area contributed by atoms with Gasteiger partial charge >= 0.3 is 0 Å². The van der Waals surface area contributed by atoms with Crippen LogP contribution in [0.1, 0.15) is 48.1 Å². The van der Waals surface area contributed by atoms with E-state index in [2.05, 4.69) is 28.8 Å². The number of nitrogens with one attached hydrogen (secondary N) is 2. The average Bonchev–Trinajstić information content (AvgIpc) is 2.74. The number of nitriles is 1. The Bertz CT molecular complexity index is 945. The number of benzene rings is 2. The second kappa shape index (κ2) is 10.1. The highest BCUT2D eigenvalue weighted by atomic mass is 35.5. The van der Waals surface area contributed by atoms with E-state index in [1.807, 2.05) is 37.3 Å². The first-order chi connectivity index (χ1) is 14.1. The molecule has 1 aliphatic carbocycles. The fourth-order valence-electron chi connectivity index (χ4n) is 3.61. The number of aryl methyl sites for hydroxylation is 2. The summed E-state index contributed by atoms with van der Waals surface area (Å²) in [5, 5.41) is 16.1. The number of hydrogen-bond donors (Lipinski definition) is 2. The summed E-state index contributed by atoms with van der Waals surface area (Å²) in [6.07, 6.45) is 6.89. The molecule has 5 heteroatoms. The molecule has 0 aromatic heterocycles. The summed E-state index contributed by atoms with van der Waals surface area (Å²) in [6.45, 7) is 2.53. The van der Waals surface area contributed by atoms with E-state index in [4.69, 9.17) is 11.6 Å². The molecule has 1 atom stereocenters. The molecule has 1 amide bonds. The maximum absolute atomic E-state index is 12.5. The summed E-state index contributed by atoms with van der Waals surface area (Å²) in [5.74, 6) is -0.372. The van der Waals surface area contributed by atoms with E-state index in [-0.39, 0.29) is 17.5 Å². The van der Waals surface area contributed by atoms with Crippen LogP contribution >= 0.6 is 11.6 Å². The summed E-state index contributed by atoms with van der Waals surface area (Å²) >= 11 is 6.14. The van der Waals surface area contributed by atoms with Gasteiger partial charge in [0.25, 0.3) is 5.91 Å². The third-order valence-electron chi connectivity index (χ3n) is 5.33. The molecular formula is C24H26ClN3O. The Morgan fingerprint density at radius 2 is 1.97 bits per heavy atom. The summed E-state index contributed by atoms with van der Waals surface area (Å²) < 4.78 is 0. The number of rotatable bonds is 7. The molecule has 0 radical (unpaired) electrons. The van der Waals surface area contributed by atoms with E-state index in [0.29, 0.717) is 13.0 Å². The minimum absolute atomic E-state index is 0.0639. The van der Waals surface area contributed by atoms with Gasteiger partial charge in [-0.15, -0.1) is 0 Å². The van der Waals surface area contributed by atoms with Crippen molar-refractivity contribution < 1.29 is 4.79 Å². The van der Waals surface area contributed by atoms with Gasteiger partial charge in [0, 0.05) is 17.8 Å². The fraction of sp³-hybridized carbons (Fsp3) is 0.333. The Balaban J connectivity index is 1.55. The monoisotopic (exact) mass is 407 g/mol. The van der Waals surface area contributed by atoms with Gasteiger partial charge in [-0.25, -0.2) is 0 Å². The molecule has 3 rings (SSSR count). The van der Waals surface area contributed by atoms with Gasteiger partial charge in [-0.2, -0.15) is 5.26 Å². The smallest absolute Gasteiger partial charge is 0.263 e. The highest BCUT2D eigenvalue weighted by Gasteiger charge is 2.16. The van der Waals surface area contributed by atoms with Gasteiger partial charge in [0.1, 0.15) is 11.6 Å². The molecule has 29 heavy (non-hydrogen) atoms. The SMILES string of the molecule is CC(NC(=O)/C(C#N)=C\NCCc1ccccc1Cl)c1ccc2c(c1)CCCC2. The standard InChI is InChI=1S/C24H26ClN3O/c1-17(20-11-10-18-6-2-3-8-21(18)14-20)28-24(29)22(15-26)16-27-13-12-19-7-4-5-9-23(19)25/h4-5,7,9-11,14,16-17,27H,2-3,6,8,12-13H2,1H3,(H,28,29)/b22-16-. The second-order valence-electron chi connectivity index (χ2n) is 7.40. The molecule has 2 aromatic rings. The van der Waals surface area contributed by atoms with Crippen molar-refractivity contribution in [3.8, 4) is 6.07 Å². The van der Waals surface area contributed by atoms with Crippen molar-refractivity contribution >= 4 is 17.5 Å². The first-order valence-electron chi connectivity index (χ1n) is 10.1.